The standard InChI is InChI=1S/C26H29FN2O3/c1-17-14-18(2)16-28(15-17)24-23(21-6-4-5-7-22(21)32-3)25(30)29(26(24)31)13-12-19-8-10-20(27)11-9-19/h4-11,17-18H,12-16H2,1-3H3. The number of halogens is 1. The molecule has 5 nitrogen and oxygen atoms in total. The maximum Gasteiger partial charge on any atom is 0.277 e. The molecular weight excluding hydrogens is 407 g/mol. The van der Waals surface area contributed by atoms with Gasteiger partial charge in [0.15, 0.2) is 0 Å². The topological polar surface area (TPSA) is 49.9 Å². The minimum Gasteiger partial charge on any atom is -0.496 e. The van der Waals surface area contributed by atoms with Crippen molar-refractivity contribution >= 4 is 17.4 Å². The Labute approximate surface area is 188 Å². The first kappa shape index (κ1) is 22.1. The fourth-order valence-electron chi connectivity index (χ4n) is 4.89. The van der Waals surface area contributed by atoms with Crippen molar-refractivity contribution in [3.05, 3.63) is 71.2 Å². The summed E-state index contributed by atoms with van der Waals surface area (Å²) in [5.41, 5.74) is 2.39. The first-order chi connectivity index (χ1) is 15.4. The van der Waals surface area contributed by atoms with E-state index >= 15 is 0 Å². The normalized spacial score (nSPS) is 21.5. The van der Waals surface area contributed by atoms with Crippen LogP contribution in [0.25, 0.3) is 5.57 Å². The molecule has 2 aromatic rings. The van der Waals surface area contributed by atoms with Crippen LogP contribution in [0.5, 0.6) is 5.75 Å². The maximum atomic E-state index is 13.6. The van der Waals surface area contributed by atoms with Gasteiger partial charge in [0.05, 0.1) is 12.7 Å². The van der Waals surface area contributed by atoms with Gasteiger partial charge in [-0.2, -0.15) is 0 Å². The molecule has 1 fully saturated rings. The molecule has 0 aromatic heterocycles. The van der Waals surface area contributed by atoms with Gasteiger partial charge in [-0.25, -0.2) is 4.39 Å². The number of piperidine rings is 1. The van der Waals surface area contributed by atoms with Crippen molar-refractivity contribution < 1.29 is 18.7 Å². The zero-order valence-electron chi connectivity index (χ0n) is 18.8. The third kappa shape index (κ3) is 4.27. The molecule has 168 valence electrons. The molecule has 32 heavy (non-hydrogen) atoms. The molecule has 2 unspecified atom stereocenters. The van der Waals surface area contributed by atoms with Gasteiger partial charge < -0.3 is 9.64 Å². The van der Waals surface area contributed by atoms with E-state index in [1.807, 2.05) is 18.2 Å². The lowest BCUT2D eigenvalue weighted by Crippen LogP contribution is -2.42. The molecule has 6 heteroatoms. The van der Waals surface area contributed by atoms with Crippen LogP contribution < -0.4 is 4.74 Å². The van der Waals surface area contributed by atoms with Crippen molar-refractivity contribution in [2.24, 2.45) is 11.8 Å². The molecule has 0 radical (unpaired) electrons. The van der Waals surface area contributed by atoms with Gasteiger partial charge in [-0.1, -0.05) is 44.2 Å². The minimum absolute atomic E-state index is 0.240. The number of nitrogens with zero attached hydrogens (tertiary/aromatic N) is 2. The lowest BCUT2D eigenvalue weighted by Gasteiger charge is -2.37. The van der Waals surface area contributed by atoms with Crippen molar-refractivity contribution in [1.82, 2.24) is 9.80 Å². The predicted molar refractivity (Wildman–Crippen MR) is 121 cm³/mol. The Hall–Kier alpha value is -3.15. The molecule has 0 aliphatic carbocycles. The minimum atomic E-state index is -0.308. The number of amides is 2. The number of para-hydroxylation sites is 1. The number of carbonyl (C=O) groups is 2. The summed E-state index contributed by atoms with van der Waals surface area (Å²) >= 11 is 0. The van der Waals surface area contributed by atoms with E-state index in [9.17, 15) is 14.0 Å². The van der Waals surface area contributed by atoms with E-state index in [-0.39, 0.29) is 24.2 Å². The highest BCUT2D eigenvalue weighted by Gasteiger charge is 2.43. The second-order valence-corrected chi connectivity index (χ2v) is 8.91. The van der Waals surface area contributed by atoms with Gasteiger partial charge in [-0.15, -0.1) is 0 Å². The van der Waals surface area contributed by atoms with Crippen LogP contribution in [-0.4, -0.2) is 48.4 Å². The van der Waals surface area contributed by atoms with Crippen LogP contribution in [0.3, 0.4) is 0 Å². The smallest absolute Gasteiger partial charge is 0.277 e. The summed E-state index contributed by atoms with van der Waals surface area (Å²) in [5, 5.41) is 0. The summed E-state index contributed by atoms with van der Waals surface area (Å²) in [6, 6.07) is 13.5. The first-order valence-electron chi connectivity index (χ1n) is 11.1. The average molecular weight is 437 g/mol. The van der Waals surface area contributed by atoms with Gasteiger partial charge in [-0.05, 0) is 48.4 Å². The Balaban J connectivity index is 1.70. The van der Waals surface area contributed by atoms with Crippen molar-refractivity contribution in [3.63, 3.8) is 0 Å². The van der Waals surface area contributed by atoms with E-state index < -0.39 is 0 Å². The van der Waals surface area contributed by atoms with Crippen molar-refractivity contribution in [3.8, 4) is 5.75 Å². The zero-order valence-corrected chi connectivity index (χ0v) is 18.8. The number of ether oxygens (including phenoxy) is 1. The average Bonchev–Trinajstić information content (AvgIpc) is 3.02. The van der Waals surface area contributed by atoms with Crippen LogP contribution >= 0.6 is 0 Å². The van der Waals surface area contributed by atoms with Crippen LogP contribution in [0.4, 0.5) is 4.39 Å². The Morgan fingerprint density at radius 2 is 1.62 bits per heavy atom. The Bertz CT molecular complexity index is 1040. The van der Waals surface area contributed by atoms with E-state index in [0.717, 1.165) is 25.1 Å². The summed E-state index contributed by atoms with van der Waals surface area (Å²) in [7, 11) is 1.57. The number of methoxy groups -OCH3 is 1. The Morgan fingerprint density at radius 3 is 2.28 bits per heavy atom. The van der Waals surface area contributed by atoms with Crippen molar-refractivity contribution in [1.29, 1.82) is 0 Å². The first-order valence-corrected chi connectivity index (χ1v) is 11.1. The van der Waals surface area contributed by atoms with Crippen LogP contribution in [0.2, 0.25) is 0 Å². The molecule has 2 heterocycles. The molecule has 0 bridgehead atoms. The fourth-order valence-corrected chi connectivity index (χ4v) is 4.89. The molecule has 2 amide bonds. The van der Waals surface area contributed by atoms with Gasteiger partial charge in [0.25, 0.3) is 11.8 Å². The van der Waals surface area contributed by atoms with Gasteiger partial charge in [0.2, 0.25) is 0 Å². The number of likely N-dealkylation sites (tertiary alicyclic amines) is 1. The van der Waals surface area contributed by atoms with Gasteiger partial charge >= 0.3 is 0 Å². The highest BCUT2D eigenvalue weighted by Crippen LogP contribution is 2.38. The maximum absolute atomic E-state index is 13.6. The molecule has 2 atom stereocenters. The lowest BCUT2D eigenvalue weighted by molar-refractivity contribution is -0.137. The van der Waals surface area contributed by atoms with Crippen LogP contribution in [0.15, 0.2) is 54.2 Å². The largest absolute Gasteiger partial charge is 0.496 e. The summed E-state index contributed by atoms with van der Waals surface area (Å²) in [6.07, 6.45) is 1.57. The SMILES string of the molecule is COc1ccccc1C1=C(N2CC(C)CC(C)C2)C(=O)N(CCc2ccc(F)cc2)C1=O. The summed E-state index contributed by atoms with van der Waals surface area (Å²) in [5.74, 6) is 0.557. The molecule has 0 N–H and O–H groups in total. The lowest BCUT2D eigenvalue weighted by atomic mass is 9.91. The van der Waals surface area contributed by atoms with Crippen LogP contribution in [-0.2, 0) is 16.0 Å². The zero-order chi connectivity index (χ0) is 22.8. The molecule has 4 rings (SSSR count). The second-order valence-electron chi connectivity index (χ2n) is 8.91. The number of hydrogen-bond donors (Lipinski definition) is 0. The molecule has 2 aliphatic rings. The molecular formula is C26H29FN2O3. The van der Waals surface area contributed by atoms with E-state index in [1.54, 1.807) is 25.3 Å². The quantitative estimate of drug-likeness (QED) is 0.639. The third-order valence-electron chi connectivity index (χ3n) is 6.24. The van der Waals surface area contributed by atoms with E-state index in [1.165, 1.54) is 17.0 Å². The molecule has 2 aliphatic heterocycles. The third-order valence-corrected chi connectivity index (χ3v) is 6.24. The highest BCUT2D eigenvalue weighted by atomic mass is 19.1. The van der Waals surface area contributed by atoms with Gasteiger partial charge in [-0.3, -0.25) is 14.5 Å². The van der Waals surface area contributed by atoms with Crippen LogP contribution in [0, 0.1) is 17.7 Å². The Morgan fingerprint density at radius 1 is 0.969 bits per heavy atom. The Kier molecular flexibility index (Phi) is 6.31. The predicted octanol–water partition coefficient (Wildman–Crippen LogP) is 4.13. The van der Waals surface area contributed by atoms with E-state index in [4.69, 9.17) is 4.74 Å². The number of benzene rings is 2. The summed E-state index contributed by atoms with van der Waals surface area (Å²) in [4.78, 5) is 30.6. The highest BCUT2D eigenvalue weighted by molar-refractivity contribution is 6.36. The van der Waals surface area contributed by atoms with Crippen LogP contribution in [0.1, 0.15) is 31.4 Å². The van der Waals surface area contributed by atoms with E-state index in [0.29, 0.717) is 40.8 Å². The van der Waals surface area contributed by atoms with E-state index in [2.05, 4.69) is 18.7 Å². The summed E-state index contributed by atoms with van der Waals surface area (Å²) in [6.45, 7) is 6.08. The molecule has 0 spiro atoms. The number of rotatable bonds is 6. The fraction of sp³-hybridized carbons (Fsp3) is 0.385. The number of hydrogen-bond acceptors (Lipinski definition) is 4. The van der Waals surface area contributed by atoms with Crippen molar-refractivity contribution in [2.45, 2.75) is 26.7 Å². The molecule has 2 aromatic carbocycles. The second kappa shape index (κ2) is 9.15. The summed E-state index contributed by atoms with van der Waals surface area (Å²) < 4.78 is 18.8. The van der Waals surface area contributed by atoms with Gasteiger partial charge in [0.1, 0.15) is 17.3 Å². The molecule has 0 saturated carbocycles. The van der Waals surface area contributed by atoms with Crippen molar-refractivity contribution in [2.75, 3.05) is 26.7 Å². The monoisotopic (exact) mass is 436 g/mol. The molecule has 1 saturated heterocycles. The van der Waals surface area contributed by atoms with Gasteiger partial charge in [0, 0.05) is 25.2 Å². The number of carbonyl (C=O) groups excluding carboxylic acids is 2. The number of imide groups is 1.